The Bertz CT molecular complexity index is 185. The highest BCUT2D eigenvalue weighted by atomic mass is 15.1. The Kier molecular flexibility index (Phi) is 7.14. The van der Waals surface area contributed by atoms with Gasteiger partial charge in [-0.2, -0.15) is 0 Å². The highest BCUT2D eigenvalue weighted by Gasteiger charge is 2.22. The Morgan fingerprint density at radius 3 is 2.41 bits per heavy atom. The van der Waals surface area contributed by atoms with E-state index in [1.807, 2.05) is 0 Å². The number of hydrogen-bond donors (Lipinski definition) is 1. The van der Waals surface area contributed by atoms with E-state index in [0.717, 1.165) is 18.5 Å². The van der Waals surface area contributed by atoms with Crippen LogP contribution in [0.5, 0.6) is 0 Å². The molecule has 1 unspecified atom stereocenters. The van der Waals surface area contributed by atoms with Crippen LogP contribution in [0.25, 0.3) is 0 Å². The molecule has 1 rings (SSSR count). The van der Waals surface area contributed by atoms with Crippen molar-refractivity contribution in [2.24, 2.45) is 17.6 Å². The van der Waals surface area contributed by atoms with Crippen molar-refractivity contribution in [2.45, 2.75) is 64.8 Å². The minimum atomic E-state index is 0.694. The largest absolute Gasteiger partial charge is 0.330 e. The van der Waals surface area contributed by atoms with Crippen LogP contribution in [0.3, 0.4) is 0 Å². The molecule has 0 saturated heterocycles. The van der Waals surface area contributed by atoms with E-state index in [2.05, 4.69) is 25.8 Å². The van der Waals surface area contributed by atoms with Crippen LogP contribution in [-0.2, 0) is 0 Å². The molecule has 2 N–H and O–H groups in total. The van der Waals surface area contributed by atoms with Crippen LogP contribution < -0.4 is 5.73 Å². The molecule has 102 valence electrons. The molecule has 0 heterocycles. The monoisotopic (exact) mass is 240 g/mol. The second-order valence-electron chi connectivity index (χ2n) is 6.05. The summed E-state index contributed by atoms with van der Waals surface area (Å²) >= 11 is 0. The van der Waals surface area contributed by atoms with Crippen LogP contribution in [0.15, 0.2) is 0 Å². The zero-order chi connectivity index (χ0) is 12.7. The van der Waals surface area contributed by atoms with Crippen molar-refractivity contribution >= 4 is 0 Å². The Morgan fingerprint density at radius 2 is 1.88 bits per heavy atom. The average molecular weight is 240 g/mol. The Hall–Kier alpha value is -0.0800. The van der Waals surface area contributed by atoms with E-state index in [0.29, 0.717) is 5.92 Å². The molecular formula is C15H32N2. The molecular weight excluding hydrogens is 208 g/mol. The third-order valence-corrected chi connectivity index (χ3v) is 4.63. The van der Waals surface area contributed by atoms with Gasteiger partial charge in [0.15, 0.2) is 0 Å². The second-order valence-corrected chi connectivity index (χ2v) is 6.05. The summed E-state index contributed by atoms with van der Waals surface area (Å²) in [4.78, 5) is 2.59. The van der Waals surface area contributed by atoms with E-state index in [-0.39, 0.29) is 0 Å². The predicted octanol–water partition coefficient (Wildman–Crippen LogP) is 3.26. The summed E-state index contributed by atoms with van der Waals surface area (Å²) in [7, 11) is 2.31. The lowest BCUT2D eigenvalue weighted by molar-refractivity contribution is 0.160. The van der Waals surface area contributed by atoms with E-state index < -0.39 is 0 Å². The highest BCUT2D eigenvalue weighted by Crippen LogP contribution is 2.29. The highest BCUT2D eigenvalue weighted by molar-refractivity contribution is 4.77. The minimum absolute atomic E-state index is 0.694. The molecule has 0 aromatic rings. The summed E-state index contributed by atoms with van der Waals surface area (Å²) < 4.78 is 0. The molecule has 0 bridgehead atoms. The third-order valence-electron chi connectivity index (χ3n) is 4.63. The van der Waals surface area contributed by atoms with E-state index in [9.17, 15) is 0 Å². The van der Waals surface area contributed by atoms with Gasteiger partial charge in [-0.05, 0) is 70.5 Å². The molecule has 17 heavy (non-hydrogen) atoms. The van der Waals surface area contributed by atoms with Gasteiger partial charge in [-0.3, -0.25) is 0 Å². The third kappa shape index (κ3) is 5.39. The first-order valence-corrected chi connectivity index (χ1v) is 7.57. The van der Waals surface area contributed by atoms with E-state index in [1.54, 1.807) is 0 Å². The van der Waals surface area contributed by atoms with E-state index in [4.69, 9.17) is 5.73 Å². The molecule has 1 aliphatic carbocycles. The van der Waals surface area contributed by atoms with Crippen molar-refractivity contribution < 1.29 is 0 Å². The topological polar surface area (TPSA) is 29.3 Å². The first-order valence-electron chi connectivity index (χ1n) is 7.57. The SMILES string of the molecule is CCC1CCC(N(C)CCCC(C)CN)CC1. The number of hydrogen-bond acceptors (Lipinski definition) is 2. The van der Waals surface area contributed by atoms with Crippen molar-refractivity contribution in [2.75, 3.05) is 20.1 Å². The average Bonchev–Trinajstić information content (AvgIpc) is 2.38. The summed E-state index contributed by atoms with van der Waals surface area (Å²) in [5.74, 6) is 1.70. The Balaban J connectivity index is 2.13. The normalized spacial score (nSPS) is 27.4. The summed E-state index contributed by atoms with van der Waals surface area (Å²) in [6, 6.07) is 0.853. The van der Waals surface area contributed by atoms with Crippen LogP contribution in [0.2, 0.25) is 0 Å². The van der Waals surface area contributed by atoms with Gasteiger partial charge >= 0.3 is 0 Å². The fourth-order valence-corrected chi connectivity index (χ4v) is 2.98. The first-order chi connectivity index (χ1) is 8.17. The van der Waals surface area contributed by atoms with Crippen LogP contribution in [-0.4, -0.2) is 31.1 Å². The molecule has 2 heteroatoms. The summed E-state index contributed by atoms with van der Waals surface area (Å²) in [6.45, 7) is 6.69. The summed E-state index contributed by atoms with van der Waals surface area (Å²) in [5.41, 5.74) is 5.65. The zero-order valence-electron chi connectivity index (χ0n) is 12.1. The lowest BCUT2D eigenvalue weighted by atomic mass is 9.84. The van der Waals surface area contributed by atoms with Crippen LogP contribution >= 0.6 is 0 Å². The maximum atomic E-state index is 5.65. The lowest BCUT2D eigenvalue weighted by Gasteiger charge is -2.34. The molecule has 2 nitrogen and oxygen atoms in total. The molecule has 1 fully saturated rings. The van der Waals surface area contributed by atoms with Gasteiger partial charge in [-0.1, -0.05) is 20.3 Å². The van der Waals surface area contributed by atoms with Crippen LogP contribution in [0.4, 0.5) is 0 Å². The lowest BCUT2D eigenvalue weighted by Crippen LogP contribution is -2.35. The Morgan fingerprint density at radius 1 is 1.24 bits per heavy atom. The van der Waals surface area contributed by atoms with Crippen molar-refractivity contribution in [1.29, 1.82) is 0 Å². The van der Waals surface area contributed by atoms with Crippen molar-refractivity contribution in [1.82, 2.24) is 4.90 Å². The van der Waals surface area contributed by atoms with Crippen molar-refractivity contribution in [3.05, 3.63) is 0 Å². The molecule has 0 spiro atoms. The maximum absolute atomic E-state index is 5.65. The van der Waals surface area contributed by atoms with Gasteiger partial charge in [0, 0.05) is 6.04 Å². The molecule has 1 aliphatic rings. The van der Waals surface area contributed by atoms with Gasteiger partial charge in [0.05, 0.1) is 0 Å². The summed E-state index contributed by atoms with van der Waals surface area (Å²) in [5, 5.41) is 0. The zero-order valence-corrected chi connectivity index (χ0v) is 12.1. The van der Waals surface area contributed by atoms with Gasteiger partial charge in [0.25, 0.3) is 0 Å². The number of nitrogens with two attached hydrogens (primary N) is 1. The van der Waals surface area contributed by atoms with Gasteiger partial charge in [-0.15, -0.1) is 0 Å². The predicted molar refractivity (Wildman–Crippen MR) is 76.1 cm³/mol. The summed E-state index contributed by atoms with van der Waals surface area (Å²) in [6.07, 6.45) is 9.70. The molecule has 0 radical (unpaired) electrons. The van der Waals surface area contributed by atoms with E-state index >= 15 is 0 Å². The molecule has 1 atom stereocenters. The fourth-order valence-electron chi connectivity index (χ4n) is 2.98. The molecule has 0 aromatic heterocycles. The standard InChI is InChI=1S/C15H32N2/c1-4-14-7-9-15(10-8-14)17(3)11-5-6-13(2)12-16/h13-15H,4-12,16H2,1-3H3. The van der Waals surface area contributed by atoms with Gasteiger partial charge in [0.2, 0.25) is 0 Å². The number of rotatable bonds is 7. The molecule has 0 aromatic carbocycles. The number of nitrogens with zero attached hydrogens (tertiary/aromatic N) is 1. The fraction of sp³-hybridized carbons (Fsp3) is 1.00. The van der Waals surface area contributed by atoms with Gasteiger partial charge < -0.3 is 10.6 Å². The maximum Gasteiger partial charge on any atom is 0.00924 e. The van der Waals surface area contributed by atoms with Gasteiger partial charge in [0.1, 0.15) is 0 Å². The van der Waals surface area contributed by atoms with Crippen LogP contribution in [0, 0.1) is 11.8 Å². The van der Waals surface area contributed by atoms with Gasteiger partial charge in [-0.25, -0.2) is 0 Å². The quantitative estimate of drug-likeness (QED) is 0.740. The molecule has 1 saturated carbocycles. The molecule has 0 aliphatic heterocycles. The smallest absolute Gasteiger partial charge is 0.00924 e. The second kappa shape index (κ2) is 8.10. The molecule has 0 amide bonds. The van der Waals surface area contributed by atoms with Crippen molar-refractivity contribution in [3.63, 3.8) is 0 Å². The first kappa shape index (κ1) is 15.0. The minimum Gasteiger partial charge on any atom is -0.330 e. The van der Waals surface area contributed by atoms with E-state index in [1.165, 1.54) is 51.5 Å². The Labute approximate surface area is 108 Å². The van der Waals surface area contributed by atoms with Crippen LogP contribution in [0.1, 0.15) is 58.8 Å². The van der Waals surface area contributed by atoms with Crippen molar-refractivity contribution in [3.8, 4) is 0 Å².